The number of hydrogen-bond donors (Lipinski definition) is 1. The molecule has 2 aromatic heterocycles. The average Bonchev–Trinajstić information content (AvgIpc) is 3.47. The summed E-state index contributed by atoms with van der Waals surface area (Å²) in [4.78, 5) is 24.4. The zero-order chi connectivity index (χ0) is 18.2. The lowest BCUT2D eigenvalue weighted by atomic mass is 10.1. The fourth-order valence-corrected chi connectivity index (χ4v) is 4.78. The van der Waals surface area contributed by atoms with Gasteiger partial charge in [-0.2, -0.15) is 5.10 Å². The number of benzene rings is 2. The Labute approximate surface area is 159 Å². The largest absolute Gasteiger partial charge is 0.329 e. The highest BCUT2D eigenvalue weighted by Gasteiger charge is 2.33. The van der Waals surface area contributed by atoms with Crippen molar-refractivity contribution in [2.45, 2.75) is 18.9 Å². The van der Waals surface area contributed by atoms with Gasteiger partial charge in [0.05, 0.1) is 21.8 Å². The molecule has 1 atom stereocenters. The van der Waals surface area contributed by atoms with Crippen LogP contribution in [0.3, 0.4) is 0 Å². The Kier molecular flexibility index (Phi) is 3.94. The molecule has 27 heavy (non-hydrogen) atoms. The number of likely N-dealkylation sites (tertiary alicyclic amines) is 1. The van der Waals surface area contributed by atoms with Crippen molar-refractivity contribution in [3.05, 3.63) is 65.4 Å². The summed E-state index contributed by atoms with van der Waals surface area (Å²) in [5, 5.41) is 7.78. The van der Waals surface area contributed by atoms with Gasteiger partial charge in [0.2, 0.25) is 0 Å². The van der Waals surface area contributed by atoms with E-state index < -0.39 is 0 Å². The van der Waals surface area contributed by atoms with Crippen LogP contribution in [0.2, 0.25) is 0 Å². The zero-order valence-electron chi connectivity index (χ0n) is 14.5. The lowest BCUT2D eigenvalue weighted by Crippen LogP contribution is -2.31. The van der Waals surface area contributed by atoms with Crippen LogP contribution < -0.4 is 0 Å². The van der Waals surface area contributed by atoms with Crippen LogP contribution in [-0.4, -0.2) is 37.5 Å². The van der Waals surface area contributed by atoms with E-state index >= 15 is 0 Å². The van der Waals surface area contributed by atoms with Gasteiger partial charge in [0.25, 0.3) is 5.91 Å². The van der Waals surface area contributed by atoms with Crippen LogP contribution >= 0.6 is 11.3 Å². The van der Waals surface area contributed by atoms with E-state index in [2.05, 4.69) is 21.2 Å². The van der Waals surface area contributed by atoms with Gasteiger partial charge in [0, 0.05) is 12.1 Å². The third-order valence-corrected chi connectivity index (χ3v) is 6.07. The molecule has 1 fully saturated rings. The third kappa shape index (κ3) is 2.80. The summed E-state index contributed by atoms with van der Waals surface area (Å²) in [5.74, 6) is 0.624. The number of fused-ring (bicyclic) bond motifs is 1. The Balaban J connectivity index is 1.51. The smallest absolute Gasteiger partial charge is 0.255 e. The number of nitrogens with zero attached hydrogens (tertiary/aromatic N) is 4. The molecule has 1 saturated heterocycles. The zero-order valence-corrected chi connectivity index (χ0v) is 15.3. The number of H-pyrrole nitrogens is 1. The molecule has 1 N–H and O–H groups in total. The van der Waals surface area contributed by atoms with Crippen LogP contribution in [0.15, 0.2) is 54.9 Å². The van der Waals surface area contributed by atoms with Crippen molar-refractivity contribution in [2.75, 3.05) is 6.54 Å². The first-order chi connectivity index (χ1) is 13.3. The van der Waals surface area contributed by atoms with E-state index in [1.807, 2.05) is 47.4 Å². The van der Waals surface area contributed by atoms with Gasteiger partial charge in [0.15, 0.2) is 5.82 Å². The number of amides is 1. The van der Waals surface area contributed by atoms with Gasteiger partial charge in [-0.1, -0.05) is 30.3 Å². The molecule has 0 unspecified atom stereocenters. The molecule has 5 rings (SSSR count). The number of rotatable bonds is 3. The van der Waals surface area contributed by atoms with Crippen molar-refractivity contribution in [1.82, 2.24) is 25.1 Å². The first-order valence-corrected chi connectivity index (χ1v) is 9.74. The van der Waals surface area contributed by atoms with Crippen LogP contribution in [0.1, 0.15) is 34.2 Å². The minimum Gasteiger partial charge on any atom is -0.329 e. The van der Waals surface area contributed by atoms with Crippen LogP contribution in [0.4, 0.5) is 0 Å². The summed E-state index contributed by atoms with van der Waals surface area (Å²) in [6, 6.07) is 15.7. The molecular weight excluding hydrogens is 358 g/mol. The Morgan fingerprint density at radius 1 is 1.15 bits per heavy atom. The Bertz CT molecular complexity index is 1070. The average molecular weight is 375 g/mol. The molecule has 1 aliphatic rings. The second-order valence-corrected chi connectivity index (χ2v) is 7.62. The summed E-state index contributed by atoms with van der Waals surface area (Å²) in [6.45, 7) is 0.740. The van der Waals surface area contributed by atoms with Crippen molar-refractivity contribution >= 4 is 27.5 Å². The molecule has 0 radical (unpaired) electrons. The van der Waals surface area contributed by atoms with Crippen molar-refractivity contribution < 1.29 is 4.79 Å². The predicted molar refractivity (Wildman–Crippen MR) is 104 cm³/mol. The number of nitrogens with one attached hydrogen (secondary N) is 1. The van der Waals surface area contributed by atoms with Crippen molar-refractivity contribution in [2.24, 2.45) is 0 Å². The third-order valence-electron chi connectivity index (χ3n) is 4.94. The number of aromatic nitrogens is 4. The highest BCUT2D eigenvalue weighted by molar-refractivity contribution is 7.18. The first kappa shape index (κ1) is 16.1. The lowest BCUT2D eigenvalue weighted by molar-refractivity contribution is 0.0736. The van der Waals surface area contributed by atoms with E-state index in [0.29, 0.717) is 11.4 Å². The molecule has 0 bridgehead atoms. The van der Waals surface area contributed by atoms with Gasteiger partial charge in [-0.05, 0) is 31.0 Å². The molecule has 2 aromatic carbocycles. The molecule has 1 aliphatic heterocycles. The maximum absolute atomic E-state index is 13.4. The highest BCUT2D eigenvalue weighted by atomic mass is 32.1. The predicted octanol–water partition coefficient (Wildman–Crippen LogP) is 4.06. The first-order valence-electron chi connectivity index (χ1n) is 8.92. The normalized spacial score (nSPS) is 16.9. The van der Waals surface area contributed by atoms with E-state index in [-0.39, 0.29) is 11.9 Å². The van der Waals surface area contributed by atoms with Crippen LogP contribution in [0, 0.1) is 0 Å². The Morgan fingerprint density at radius 2 is 2.00 bits per heavy atom. The van der Waals surface area contributed by atoms with Gasteiger partial charge in [-0.3, -0.25) is 9.89 Å². The number of carbonyl (C=O) groups is 1. The second-order valence-electron chi connectivity index (χ2n) is 6.56. The van der Waals surface area contributed by atoms with Crippen LogP contribution in [0.25, 0.3) is 21.6 Å². The van der Waals surface area contributed by atoms with Gasteiger partial charge in [-0.25, -0.2) is 9.97 Å². The van der Waals surface area contributed by atoms with E-state index in [0.717, 1.165) is 40.2 Å². The standard InChI is InChI=1S/C20H17N5OS/c26-20(14-7-2-1-6-13(14)18-21-12-22-24-18)25-11-5-9-16(25)19-23-15-8-3-4-10-17(15)27-19/h1-4,6-8,10,12,16H,5,9,11H2,(H,21,22,24)/t16-/m1/s1. The summed E-state index contributed by atoms with van der Waals surface area (Å²) in [6.07, 6.45) is 3.38. The molecular formula is C20H17N5OS. The van der Waals surface area contributed by atoms with E-state index in [1.54, 1.807) is 11.3 Å². The molecule has 134 valence electrons. The highest BCUT2D eigenvalue weighted by Crippen LogP contribution is 2.38. The van der Waals surface area contributed by atoms with Crippen LogP contribution in [-0.2, 0) is 0 Å². The van der Waals surface area contributed by atoms with Gasteiger partial charge in [0.1, 0.15) is 11.3 Å². The molecule has 3 heterocycles. The SMILES string of the molecule is O=C(c1ccccc1-c1ncn[nH]1)N1CCC[C@@H]1c1nc2ccccc2s1. The van der Waals surface area contributed by atoms with Crippen LogP contribution in [0.5, 0.6) is 0 Å². The number of thiazole rings is 1. The minimum absolute atomic E-state index is 0.0174. The van der Waals surface area contributed by atoms with Crippen molar-refractivity contribution in [3.63, 3.8) is 0 Å². The monoisotopic (exact) mass is 375 g/mol. The number of hydrogen-bond acceptors (Lipinski definition) is 5. The Morgan fingerprint density at radius 3 is 2.85 bits per heavy atom. The maximum atomic E-state index is 13.4. The molecule has 0 spiro atoms. The number of para-hydroxylation sites is 1. The van der Waals surface area contributed by atoms with E-state index in [9.17, 15) is 4.79 Å². The molecule has 0 aliphatic carbocycles. The number of carbonyl (C=O) groups excluding carboxylic acids is 1. The molecule has 7 heteroatoms. The summed E-state index contributed by atoms with van der Waals surface area (Å²) in [5.41, 5.74) is 2.41. The quantitative estimate of drug-likeness (QED) is 0.586. The fraction of sp³-hybridized carbons (Fsp3) is 0.200. The maximum Gasteiger partial charge on any atom is 0.255 e. The lowest BCUT2D eigenvalue weighted by Gasteiger charge is -2.24. The van der Waals surface area contributed by atoms with E-state index in [4.69, 9.17) is 4.98 Å². The summed E-state index contributed by atoms with van der Waals surface area (Å²) < 4.78 is 1.16. The topological polar surface area (TPSA) is 74.8 Å². The van der Waals surface area contributed by atoms with Crippen molar-refractivity contribution in [3.8, 4) is 11.4 Å². The molecule has 1 amide bonds. The Hall–Kier alpha value is -3.06. The van der Waals surface area contributed by atoms with Crippen molar-refractivity contribution in [1.29, 1.82) is 0 Å². The van der Waals surface area contributed by atoms with Gasteiger partial charge in [-0.15, -0.1) is 11.3 Å². The number of aromatic amines is 1. The minimum atomic E-state index is 0.0174. The molecule has 6 nitrogen and oxygen atoms in total. The second kappa shape index (κ2) is 6.59. The van der Waals surface area contributed by atoms with E-state index in [1.165, 1.54) is 6.33 Å². The molecule has 4 aromatic rings. The van der Waals surface area contributed by atoms with Gasteiger partial charge < -0.3 is 4.90 Å². The molecule has 0 saturated carbocycles. The summed E-state index contributed by atoms with van der Waals surface area (Å²) in [7, 11) is 0. The van der Waals surface area contributed by atoms with Gasteiger partial charge >= 0.3 is 0 Å². The summed E-state index contributed by atoms with van der Waals surface area (Å²) >= 11 is 1.68. The fourth-order valence-electron chi connectivity index (χ4n) is 3.67.